The molecular weight excluding hydrogens is 381 g/mol. The van der Waals surface area contributed by atoms with Crippen molar-refractivity contribution in [2.24, 2.45) is 0 Å². The van der Waals surface area contributed by atoms with Gasteiger partial charge in [0.25, 0.3) is 0 Å². The summed E-state index contributed by atoms with van der Waals surface area (Å²) in [6.45, 7) is 3.48. The van der Waals surface area contributed by atoms with E-state index in [0.29, 0.717) is 16.5 Å². The highest BCUT2D eigenvalue weighted by atomic mass is 35.5. The fraction of sp³-hybridized carbons (Fsp3) is 0.278. The number of aromatic nitrogens is 1. The Hall–Kier alpha value is -2.31. The molecule has 0 N–H and O–H groups in total. The lowest BCUT2D eigenvalue weighted by molar-refractivity contribution is -0.146. The van der Waals surface area contributed by atoms with Gasteiger partial charge in [-0.05, 0) is 44.2 Å². The van der Waals surface area contributed by atoms with E-state index in [1.54, 1.807) is 38.1 Å². The van der Waals surface area contributed by atoms with E-state index in [2.05, 4.69) is 4.98 Å². The van der Waals surface area contributed by atoms with Gasteiger partial charge in [-0.3, -0.25) is 9.59 Å². The molecule has 2 aromatic rings. The van der Waals surface area contributed by atoms with Crippen LogP contribution >= 0.6 is 23.2 Å². The van der Waals surface area contributed by atoms with Crippen LogP contribution in [0.1, 0.15) is 20.3 Å². The van der Waals surface area contributed by atoms with Crippen LogP contribution in [0.25, 0.3) is 0 Å². The van der Waals surface area contributed by atoms with Crippen molar-refractivity contribution < 1.29 is 23.8 Å². The van der Waals surface area contributed by atoms with Gasteiger partial charge in [0.1, 0.15) is 22.9 Å². The van der Waals surface area contributed by atoms with Gasteiger partial charge in [0.15, 0.2) is 11.9 Å². The van der Waals surface area contributed by atoms with Gasteiger partial charge >= 0.3 is 5.97 Å². The first kappa shape index (κ1) is 20.0. The molecule has 1 aromatic carbocycles. The van der Waals surface area contributed by atoms with Gasteiger partial charge in [0.2, 0.25) is 5.88 Å². The van der Waals surface area contributed by atoms with E-state index >= 15 is 0 Å². The molecule has 0 saturated heterocycles. The van der Waals surface area contributed by atoms with Gasteiger partial charge in [0, 0.05) is 6.20 Å². The van der Waals surface area contributed by atoms with Gasteiger partial charge in [-0.25, -0.2) is 4.98 Å². The SMILES string of the molecule is CCOC(=O)CC(=O)C(C)Oc1ccc(Oc2ncc(Cl)cc2Cl)cc1. The quantitative estimate of drug-likeness (QED) is 0.483. The van der Waals surface area contributed by atoms with Gasteiger partial charge < -0.3 is 14.2 Å². The molecule has 0 fully saturated rings. The summed E-state index contributed by atoms with van der Waals surface area (Å²) in [7, 11) is 0. The predicted molar refractivity (Wildman–Crippen MR) is 97.1 cm³/mol. The molecule has 0 amide bonds. The Balaban J connectivity index is 1.94. The van der Waals surface area contributed by atoms with Crippen LogP contribution in [0.4, 0.5) is 0 Å². The van der Waals surface area contributed by atoms with Crippen molar-refractivity contribution in [2.75, 3.05) is 6.61 Å². The Bertz CT molecular complexity index is 780. The zero-order chi connectivity index (χ0) is 19.1. The number of halogens is 2. The van der Waals surface area contributed by atoms with Crippen LogP contribution in [0.15, 0.2) is 36.5 Å². The van der Waals surface area contributed by atoms with Crippen molar-refractivity contribution in [1.82, 2.24) is 4.98 Å². The van der Waals surface area contributed by atoms with Crippen molar-refractivity contribution >= 4 is 35.0 Å². The minimum Gasteiger partial charge on any atom is -0.483 e. The van der Waals surface area contributed by atoms with Crippen molar-refractivity contribution in [3.8, 4) is 17.4 Å². The predicted octanol–water partition coefficient (Wildman–Crippen LogP) is 4.47. The molecule has 0 radical (unpaired) electrons. The summed E-state index contributed by atoms with van der Waals surface area (Å²) in [5.41, 5.74) is 0. The second-order valence-electron chi connectivity index (χ2n) is 5.22. The van der Waals surface area contributed by atoms with Crippen LogP contribution in [-0.4, -0.2) is 29.4 Å². The Morgan fingerprint density at radius 1 is 1.15 bits per heavy atom. The summed E-state index contributed by atoms with van der Waals surface area (Å²) in [6.07, 6.45) is 0.326. The largest absolute Gasteiger partial charge is 0.483 e. The average Bonchev–Trinajstić information content (AvgIpc) is 2.59. The zero-order valence-corrected chi connectivity index (χ0v) is 15.7. The zero-order valence-electron chi connectivity index (χ0n) is 14.2. The highest BCUT2D eigenvalue weighted by Gasteiger charge is 2.19. The Labute approximate surface area is 161 Å². The number of ether oxygens (including phenoxy) is 3. The number of carbonyl (C=O) groups is 2. The molecule has 0 aliphatic heterocycles. The molecule has 0 bridgehead atoms. The number of Topliss-reactive ketones (excluding diaryl/α,β-unsaturated/α-hetero) is 1. The third kappa shape index (κ3) is 5.89. The number of carbonyl (C=O) groups excluding carboxylic acids is 2. The summed E-state index contributed by atoms with van der Waals surface area (Å²) < 4.78 is 15.8. The van der Waals surface area contributed by atoms with E-state index in [9.17, 15) is 9.59 Å². The fourth-order valence-electron chi connectivity index (χ4n) is 1.94. The van der Waals surface area contributed by atoms with Gasteiger partial charge in [-0.1, -0.05) is 23.2 Å². The first-order valence-electron chi connectivity index (χ1n) is 7.83. The number of hydrogen-bond acceptors (Lipinski definition) is 6. The Morgan fingerprint density at radius 2 is 1.81 bits per heavy atom. The van der Waals surface area contributed by atoms with E-state index < -0.39 is 12.1 Å². The van der Waals surface area contributed by atoms with Crippen molar-refractivity contribution in [3.05, 3.63) is 46.6 Å². The molecule has 2 rings (SSSR count). The van der Waals surface area contributed by atoms with Crippen LogP contribution in [0, 0.1) is 0 Å². The lowest BCUT2D eigenvalue weighted by Crippen LogP contribution is -2.26. The number of nitrogens with zero attached hydrogens (tertiary/aromatic N) is 1. The molecule has 1 heterocycles. The minimum absolute atomic E-state index is 0.225. The third-order valence-corrected chi connectivity index (χ3v) is 3.68. The third-order valence-electron chi connectivity index (χ3n) is 3.20. The lowest BCUT2D eigenvalue weighted by atomic mass is 10.2. The lowest BCUT2D eigenvalue weighted by Gasteiger charge is -2.14. The molecule has 138 valence electrons. The maximum absolute atomic E-state index is 11.9. The maximum atomic E-state index is 11.9. The summed E-state index contributed by atoms with van der Waals surface area (Å²) in [5.74, 6) is 0.240. The molecule has 0 aliphatic carbocycles. The van der Waals surface area contributed by atoms with E-state index in [1.165, 1.54) is 12.3 Å². The number of benzene rings is 1. The molecule has 26 heavy (non-hydrogen) atoms. The van der Waals surface area contributed by atoms with E-state index in [-0.39, 0.29) is 29.7 Å². The summed E-state index contributed by atoms with van der Waals surface area (Å²) in [6, 6.07) is 8.08. The summed E-state index contributed by atoms with van der Waals surface area (Å²) in [5, 5.41) is 0.698. The van der Waals surface area contributed by atoms with Gasteiger partial charge in [0.05, 0.1) is 11.6 Å². The number of ketones is 1. The van der Waals surface area contributed by atoms with Crippen LogP contribution in [0.2, 0.25) is 10.0 Å². The van der Waals surface area contributed by atoms with Crippen LogP contribution in [0.5, 0.6) is 17.4 Å². The highest BCUT2D eigenvalue weighted by molar-refractivity contribution is 6.35. The van der Waals surface area contributed by atoms with E-state index in [1.807, 2.05) is 0 Å². The highest BCUT2D eigenvalue weighted by Crippen LogP contribution is 2.30. The second-order valence-corrected chi connectivity index (χ2v) is 6.07. The fourth-order valence-corrected chi connectivity index (χ4v) is 2.36. The van der Waals surface area contributed by atoms with Crippen molar-refractivity contribution in [1.29, 1.82) is 0 Å². The van der Waals surface area contributed by atoms with Gasteiger partial charge in [-0.2, -0.15) is 0 Å². The Kier molecular flexibility index (Phi) is 7.24. The smallest absolute Gasteiger partial charge is 0.313 e. The number of rotatable bonds is 8. The average molecular weight is 398 g/mol. The number of pyridine rings is 1. The van der Waals surface area contributed by atoms with Crippen LogP contribution in [0.3, 0.4) is 0 Å². The normalized spacial score (nSPS) is 11.5. The van der Waals surface area contributed by atoms with Crippen LogP contribution in [-0.2, 0) is 14.3 Å². The molecular formula is C18H17Cl2NO5. The first-order chi connectivity index (χ1) is 12.4. The number of hydrogen-bond donors (Lipinski definition) is 0. The monoisotopic (exact) mass is 397 g/mol. The number of esters is 1. The van der Waals surface area contributed by atoms with E-state index in [0.717, 1.165) is 0 Å². The van der Waals surface area contributed by atoms with Crippen molar-refractivity contribution in [3.63, 3.8) is 0 Å². The van der Waals surface area contributed by atoms with E-state index in [4.69, 9.17) is 37.4 Å². The second kappa shape index (κ2) is 9.40. The van der Waals surface area contributed by atoms with Crippen molar-refractivity contribution in [2.45, 2.75) is 26.4 Å². The molecule has 0 saturated carbocycles. The summed E-state index contributed by atoms with van der Waals surface area (Å²) in [4.78, 5) is 27.3. The molecule has 1 atom stereocenters. The topological polar surface area (TPSA) is 74.7 Å². The minimum atomic E-state index is -0.779. The first-order valence-corrected chi connectivity index (χ1v) is 8.58. The van der Waals surface area contributed by atoms with Crippen LogP contribution < -0.4 is 9.47 Å². The summed E-state index contributed by atoms with van der Waals surface area (Å²) >= 11 is 11.8. The molecule has 8 heteroatoms. The standard InChI is InChI=1S/C18H17Cl2NO5/c1-3-24-17(23)9-16(22)11(2)25-13-4-6-14(7-5-13)26-18-15(20)8-12(19)10-21-18/h4-8,10-11H,3,9H2,1-2H3. The Morgan fingerprint density at radius 3 is 2.42 bits per heavy atom. The maximum Gasteiger partial charge on any atom is 0.313 e. The molecule has 1 aromatic heterocycles. The molecule has 0 spiro atoms. The molecule has 0 aliphatic rings. The molecule has 1 unspecified atom stereocenters. The van der Waals surface area contributed by atoms with Gasteiger partial charge in [-0.15, -0.1) is 0 Å². The molecule has 6 nitrogen and oxygen atoms in total.